The summed E-state index contributed by atoms with van der Waals surface area (Å²) in [4.78, 5) is 0. The Kier molecular flexibility index (Phi) is 3.06. The van der Waals surface area contributed by atoms with Crippen molar-refractivity contribution in [2.24, 2.45) is 0 Å². The highest BCUT2D eigenvalue weighted by Crippen LogP contribution is 2.26. The summed E-state index contributed by atoms with van der Waals surface area (Å²) in [6, 6.07) is 7.57. The van der Waals surface area contributed by atoms with Gasteiger partial charge in [-0.15, -0.1) is 0 Å². The molecule has 2 rings (SSSR count). The summed E-state index contributed by atoms with van der Waals surface area (Å²) in [5, 5.41) is 0.734. The van der Waals surface area contributed by atoms with Crippen LogP contribution < -0.4 is 0 Å². The van der Waals surface area contributed by atoms with Crippen LogP contribution in [0.4, 0.5) is 0 Å². The van der Waals surface area contributed by atoms with E-state index in [4.69, 9.17) is 21.1 Å². The fourth-order valence-corrected chi connectivity index (χ4v) is 1.58. The minimum Gasteiger partial charge on any atom is -0.348 e. The van der Waals surface area contributed by atoms with Crippen LogP contribution >= 0.6 is 11.6 Å². The van der Waals surface area contributed by atoms with Crippen molar-refractivity contribution in [3.05, 3.63) is 34.9 Å². The highest BCUT2D eigenvalue weighted by molar-refractivity contribution is 6.30. The molecule has 0 bridgehead atoms. The Balaban J connectivity index is 2.10. The third-order valence-electron chi connectivity index (χ3n) is 2.29. The van der Waals surface area contributed by atoms with Crippen LogP contribution in [-0.4, -0.2) is 12.7 Å². The lowest BCUT2D eigenvalue weighted by Crippen LogP contribution is -2.24. The van der Waals surface area contributed by atoms with E-state index in [0.717, 1.165) is 23.6 Å². The smallest absolute Gasteiger partial charge is 0.184 e. The lowest BCUT2D eigenvalue weighted by molar-refractivity contribution is -0.212. The van der Waals surface area contributed by atoms with Crippen molar-refractivity contribution in [2.75, 3.05) is 6.61 Å². The van der Waals surface area contributed by atoms with E-state index in [2.05, 4.69) is 6.92 Å². The van der Waals surface area contributed by atoms with Gasteiger partial charge in [0.1, 0.15) is 0 Å². The zero-order valence-electron chi connectivity index (χ0n) is 8.07. The molecule has 0 radical (unpaired) electrons. The summed E-state index contributed by atoms with van der Waals surface area (Å²) in [6.45, 7) is 2.82. The van der Waals surface area contributed by atoms with Crippen molar-refractivity contribution < 1.29 is 9.47 Å². The van der Waals surface area contributed by atoms with Crippen molar-refractivity contribution in [1.82, 2.24) is 0 Å². The zero-order valence-corrected chi connectivity index (χ0v) is 8.83. The Morgan fingerprint density at radius 2 is 2.00 bits per heavy atom. The van der Waals surface area contributed by atoms with E-state index in [-0.39, 0.29) is 12.4 Å². The molecule has 0 aliphatic carbocycles. The first kappa shape index (κ1) is 9.97. The second-order valence-electron chi connectivity index (χ2n) is 3.49. The number of hydrogen-bond donors (Lipinski definition) is 0. The van der Waals surface area contributed by atoms with Crippen LogP contribution in [0.5, 0.6) is 0 Å². The third kappa shape index (κ3) is 2.27. The molecule has 0 unspecified atom stereocenters. The average molecular weight is 213 g/mol. The highest BCUT2D eigenvalue weighted by Gasteiger charge is 2.20. The fourth-order valence-electron chi connectivity index (χ4n) is 1.45. The lowest BCUT2D eigenvalue weighted by Gasteiger charge is -2.28. The Bertz CT molecular complexity index is 297. The van der Waals surface area contributed by atoms with Crippen LogP contribution in [-0.2, 0) is 9.47 Å². The summed E-state index contributed by atoms with van der Waals surface area (Å²) in [5.74, 6) is 0. The second-order valence-corrected chi connectivity index (χ2v) is 3.93. The molecule has 76 valence electrons. The predicted octanol–water partition coefficient (Wildman–Crippen LogP) is 3.16. The molecular weight excluding hydrogens is 200 g/mol. The molecule has 0 saturated carbocycles. The third-order valence-corrected chi connectivity index (χ3v) is 2.54. The van der Waals surface area contributed by atoms with Gasteiger partial charge >= 0.3 is 0 Å². The molecule has 0 aromatic heterocycles. The van der Waals surface area contributed by atoms with Gasteiger partial charge in [-0.25, -0.2) is 0 Å². The number of benzene rings is 1. The first-order valence-corrected chi connectivity index (χ1v) is 5.16. The van der Waals surface area contributed by atoms with E-state index in [1.807, 2.05) is 24.3 Å². The number of ether oxygens (including phenoxy) is 2. The first-order valence-electron chi connectivity index (χ1n) is 4.78. The monoisotopic (exact) mass is 212 g/mol. The molecule has 14 heavy (non-hydrogen) atoms. The van der Waals surface area contributed by atoms with Crippen molar-refractivity contribution >= 4 is 11.6 Å². The van der Waals surface area contributed by atoms with Crippen LogP contribution in [0, 0.1) is 0 Å². The minimum atomic E-state index is -0.226. The Hall–Kier alpha value is -0.570. The Morgan fingerprint density at radius 3 is 2.64 bits per heavy atom. The molecular formula is C11H13ClO2. The van der Waals surface area contributed by atoms with Gasteiger partial charge < -0.3 is 9.47 Å². The average Bonchev–Trinajstić information content (AvgIpc) is 2.19. The predicted molar refractivity (Wildman–Crippen MR) is 55.3 cm³/mol. The summed E-state index contributed by atoms with van der Waals surface area (Å²) in [6.07, 6.45) is 1.00. The second kappa shape index (κ2) is 4.30. The van der Waals surface area contributed by atoms with Gasteiger partial charge in [0.2, 0.25) is 0 Å². The van der Waals surface area contributed by atoms with E-state index in [1.165, 1.54) is 0 Å². The van der Waals surface area contributed by atoms with Gasteiger partial charge in [-0.05, 0) is 25.5 Å². The molecule has 1 aromatic carbocycles. The van der Waals surface area contributed by atoms with E-state index in [9.17, 15) is 0 Å². The number of halogens is 1. The fraction of sp³-hybridized carbons (Fsp3) is 0.455. The number of hydrogen-bond acceptors (Lipinski definition) is 2. The number of rotatable bonds is 1. The summed E-state index contributed by atoms with van der Waals surface area (Å²) < 4.78 is 11.2. The Labute approximate surface area is 88.8 Å². The van der Waals surface area contributed by atoms with Gasteiger partial charge in [-0.1, -0.05) is 23.7 Å². The standard InChI is InChI=1S/C11H13ClO2/c1-8-6-7-13-11(14-8)9-2-4-10(12)5-3-9/h2-5,8,11H,6-7H2,1H3/t8-,11-/m0/s1. The van der Waals surface area contributed by atoms with Gasteiger partial charge in [0.15, 0.2) is 6.29 Å². The van der Waals surface area contributed by atoms with Gasteiger partial charge in [0.25, 0.3) is 0 Å². The maximum absolute atomic E-state index is 5.80. The van der Waals surface area contributed by atoms with Crippen molar-refractivity contribution in [3.8, 4) is 0 Å². The topological polar surface area (TPSA) is 18.5 Å². The van der Waals surface area contributed by atoms with E-state index < -0.39 is 0 Å². The zero-order chi connectivity index (χ0) is 9.97. The van der Waals surface area contributed by atoms with Crippen LogP contribution in [0.3, 0.4) is 0 Å². The largest absolute Gasteiger partial charge is 0.348 e. The van der Waals surface area contributed by atoms with Crippen molar-refractivity contribution in [3.63, 3.8) is 0 Å². The van der Waals surface area contributed by atoms with Gasteiger partial charge in [-0.2, -0.15) is 0 Å². The van der Waals surface area contributed by atoms with Crippen molar-refractivity contribution in [2.45, 2.75) is 25.7 Å². The van der Waals surface area contributed by atoms with Crippen molar-refractivity contribution in [1.29, 1.82) is 0 Å². The molecule has 1 fully saturated rings. The molecule has 1 heterocycles. The maximum Gasteiger partial charge on any atom is 0.184 e. The molecule has 2 atom stereocenters. The molecule has 3 heteroatoms. The molecule has 1 aliphatic heterocycles. The summed E-state index contributed by atoms with van der Waals surface area (Å²) >= 11 is 5.80. The van der Waals surface area contributed by atoms with Gasteiger partial charge in [-0.3, -0.25) is 0 Å². The van der Waals surface area contributed by atoms with Gasteiger partial charge in [0, 0.05) is 10.6 Å². The molecule has 0 N–H and O–H groups in total. The van der Waals surface area contributed by atoms with Crippen LogP contribution in [0.1, 0.15) is 25.2 Å². The summed E-state index contributed by atoms with van der Waals surface area (Å²) in [7, 11) is 0. The normalized spacial score (nSPS) is 27.6. The van der Waals surface area contributed by atoms with E-state index in [1.54, 1.807) is 0 Å². The van der Waals surface area contributed by atoms with Crippen LogP contribution in [0.25, 0.3) is 0 Å². The molecule has 2 nitrogen and oxygen atoms in total. The highest BCUT2D eigenvalue weighted by atomic mass is 35.5. The molecule has 0 spiro atoms. The van der Waals surface area contributed by atoms with Crippen LogP contribution in [0.2, 0.25) is 5.02 Å². The Morgan fingerprint density at radius 1 is 1.29 bits per heavy atom. The van der Waals surface area contributed by atoms with Crippen LogP contribution in [0.15, 0.2) is 24.3 Å². The summed E-state index contributed by atoms with van der Waals surface area (Å²) in [5.41, 5.74) is 1.03. The lowest BCUT2D eigenvalue weighted by atomic mass is 10.2. The maximum atomic E-state index is 5.80. The molecule has 1 aromatic rings. The minimum absolute atomic E-state index is 0.226. The molecule has 1 aliphatic rings. The SMILES string of the molecule is C[C@H]1CCO[C@H](c2ccc(Cl)cc2)O1. The van der Waals surface area contributed by atoms with E-state index >= 15 is 0 Å². The molecule has 0 amide bonds. The van der Waals surface area contributed by atoms with Gasteiger partial charge in [0.05, 0.1) is 12.7 Å². The first-order chi connectivity index (χ1) is 6.75. The molecule has 1 saturated heterocycles. The quantitative estimate of drug-likeness (QED) is 0.712. The van der Waals surface area contributed by atoms with E-state index in [0.29, 0.717) is 0 Å².